The highest BCUT2D eigenvalue weighted by atomic mass is 16.3. The minimum Gasteiger partial charge on any atom is -0.375 e. The zero-order valence-corrected chi connectivity index (χ0v) is 7.68. The van der Waals surface area contributed by atoms with Crippen LogP contribution in [0.1, 0.15) is 33.6 Å². The van der Waals surface area contributed by atoms with Gasteiger partial charge in [0.1, 0.15) is 0 Å². The maximum absolute atomic E-state index is 11.3. The van der Waals surface area contributed by atoms with Gasteiger partial charge in [0.05, 0.1) is 0 Å². The minimum atomic E-state index is -1.73. The van der Waals surface area contributed by atoms with E-state index in [0.717, 1.165) is 0 Å². The van der Waals surface area contributed by atoms with Gasteiger partial charge >= 0.3 is 0 Å². The molecule has 0 saturated heterocycles. The summed E-state index contributed by atoms with van der Waals surface area (Å²) in [6.45, 7) is 5.00. The Morgan fingerprint density at radius 3 is 1.75 bits per heavy atom. The number of carbonyl (C=O) groups excluding carboxylic acids is 2. The number of carbonyl (C=O) groups is 2. The van der Waals surface area contributed by atoms with Crippen LogP contribution in [-0.4, -0.2) is 22.3 Å². The molecule has 0 aromatic rings. The van der Waals surface area contributed by atoms with E-state index in [1.165, 1.54) is 6.92 Å². The van der Waals surface area contributed by atoms with Crippen LogP contribution in [0.4, 0.5) is 0 Å². The van der Waals surface area contributed by atoms with Crippen molar-refractivity contribution in [2.24, 2.45) is 5.41 Å². The van der Waals surface area contributed by atoms with Gasteiger partial charge in [-0.2, -0.15) is 0 Å². The molecular formula is C9H14O3. The molecule has 3 heteroatoms. The van der Waals surface area contributed by atoms with Gasteiger partial charge < -0.3 is 5.11 Å². The van der Waals surface area contributed by atoms with Crippen LogP contribution in [0.15, 0.2) is 0 Å². The van der Waals surface area contributed by atoms with Crippen molar-refractivity contribution < 1.29 is 14.7 Å². The first-order valence-electron chi connectivity index (χ1n) is 4.05. The van der Waals surface area contributed by atoms with Crippen LogP contribution in [0, 0.1) is 5.41 Å². The summed E-state index contributed by atoms with van der Waals surface area (Å²) in [4.78, 5) is 22.5. The molecule has 1 aliphatic carbocycles. The third-order valence-corrected chi connectivity index (χ3v) is 2.36. The molecule has 0 radical (unpaired) electrons. The number of rotatable bonds is 0. The van der Waals surface area contributed by atoms with Crippen LogP contribution in [0.3, 0.4) is 0 Å². The number of hydrogen-bond donors (Lipinski definition) is 1. The molecule has 0 aliphatic heterocycles. The van der Waals surface area contributed by atoms with E-state index in [0.29, 0.717) is 0 Å². The number of ketones is 2. The van der Waals surface area contributed by atoms with Crippen molar-refractivity contribution in [1.29, 1.82) is 0 Å². The average molecular weight is 170 g/mol. The smallest absolute Gasteiger partial charge is 0.178 e. The highest BCUT2D eigenvalue weighted by Crippen LogP contribution is 2.35. The Kier molecular flexibility index (Phi) is 1.87. The lowest BCUT2D eigenvalue weighted by Crippen LogP contribution is -2.51. The molecule has 3 nitrogen and oxygen atoms in total. The second-order valence-corrected chi connectivity index (χ2v) is 4.44. The lowest BCUT2D eigenvalue weighted by atomic mass is 9.70. The molecule has 0 aromatic carbocycles. The maximum atomic E-state index is 11.3. The number of hydrogen-bond acceptors (Lipinski definition) is 3. The lowest BCUT2D eigenvalue weighted by molar-refractivity contribution is -0.156. The largest absolute Gasteiger partial charge is 0.375 e. The fraction of sp³-hybridized carbons (Fsp3) is 0.778. The van der Waals surface area contributed by atoms with Crippen LogP contribution in [0.5, 0.6) is 0 Å². The molecule has 0 atom stereocenters. The van der Waals surface area contributed by atoms with E-state index in [2.05, 4.69) is 0 Å². The van der Waals surface area contributed by atoms with E-state index in [1.807, 2.05) is 13.8 Å². The molecule has 0 bridgehead atoms. The molecule has 0 aromatic heterocycles. The first-order valence-corrected chi connectivity index (χ1v) is 4.05. The summed E-state index contributed by atoms with van der Waals surface area (Å²) >= 11 is 0. The molecule has 0 amide bonds. The van der Waals surface area contributed by atoms with Crippen LogP contribution in [-0.2, 0) is 9.59 Å². The van der Waals surface area contributed by atoms with Gasteiger partial charge in [-0.1, -0.05) is 13.8 Å². The first-order chi connectivity index (χ1) is 5.26. The molecule has 0 heterocycles. The predicted octanol–water partition coefficient (Wildman–Crippen LogP) is 0.696. The Bertz CT molecular complexity index is 216. The Labute approximate surface area is 71.8 Å². The number of aliphatic hydroxyl groups is 1. The van der Waals surface area contributed by atoms with Crippen LogP contribution >= 0.6 is 0 Å². The van der Waals surface area contributed by atoms with E-state index in [9.17, 15) is 14.7 Å². The topological polar surface area (TPSA) is 54.4 Å². The Hall–Kier alpha value is -0.700. The van der Waals surface area contributed by atoms with Gasteiger partial charge in [0, 0.05) is 12.8 Å². The Balaban J connectivity index is 2.93. The van der Waals surface area contributed by atoms with Gasteiger partial charge in [-0.3, -0.25) is 9.59 Å². The fourth-order valence-electron chi connectivity index (χ4n) is 1.43. The van der Waals surface area contributed by atoms with Crippen LogP contribution < -0.4 is 0 Å². The van der Waals surface area contributed by atoms with Crippen molar-refractivity contribution in [2.75, 3.05) is 0 Å². The quantitative estimate of drug-likeness (QED) is 0.544. The van der Waals surface area contributed by atoms with Crippen molar-refractivity contribution in [2.45, 2.75) is 39.2 Å². The van der Waals surface area contributed by atoms with E-state index >= 15 is 0 Å². The Morgan fingerprint density at radius 2 is 1.42 bits per heavy atom. The van der Waals surface area contributed by atoms with E-state index < -0.39 is 5.60 Å². The van der Waals surface area contributed by atoms with Gasteiger partial charge in [0.2, 0.25) is 0 Å². The molecule has 1 fully saturated rings. The standard InChI is InChI=1S/C9H14O3/c1-8(2)4-6(10)9(3,12)7(11)5-8/h12H,4-5H2,1-3H3. The van der Waals surface area contributed by atoms with E-state index in [1.54, 1.807) is 0 Å². The van der Waals surface area contributed by atoms with Crippen molar-refractivity contribution in [3.05, 3.63) is 0 Å². The SMILES string of the molecule is CC1(C)CC(=O)C(C)(O)C(=O)C1. The van der Waals surface area contributed by atoms with E-state index in [-0.39, 0.29) is 29.8 Å². The van der Waals surface area contributed by atoms with Crippen molar-refractivity contribution in [3.8, 4) is 0 Å². The van der Waals surface area contributed by atoms with Gasteiger partial charge in [-0.15, -0.1) is 0 Å². The molecule has 1 aliphatic rings. The van der Waals surface area contributed by atoms with Crippen molar-refractivity contribution >= 4 is 11.6 Å². The summed E-state index contributed by atoms with van der Waals surface area (Å²) in [6.07, 6.45) is 0.567. The zero-order chi connectivity index (χ0) is 9.57. The van der Waals surface area contributed by atoms with Crippen LogP contribution in [0.2, 0.25) is 0 Å². The highest BCUT2D eigenvalue weighted by molar-refractivity contribution is 6.12. The second kappa shape index (κ2) is 2.39. The predicted molar refractivity (Wildman–Crippen MR) is 43.7 cm³/mol. The molecule has 68 valence electrons. The fourth-order valence-corrected chi connectivity index (χ4v) is 1.43. The second-order valence-electron chi connectivity index (χ2n) is 4.44. The molecule has 12 heavy (non-hydrogen) atoms. The third kappa shape index (κ3) is 1.41. The maximum Gasteiger partial charge on any atom is 0.178 e. The summed E-state index contributed by atoms with van der Waals surface area (Å²) in [5.41, 5.74) is -2.01. The summed E-state index contributed by atoms with van der Waals surface area (Å²) in [5, 5.41) is 9.44. The molecule has 1 saturated carbocycles. The van der Waals surface area contributed by atoms with Crippen molar-refractivity contribution in [3.63, 3.8) is 0 Å². The van der Waals surface area contributed by atoms with Gasteiger partial charge in [0.25, 0.3) is 0 Å². The van der Waals surface area contributed by atoms with Gasteiger partial charge in [-0.25, -0.2) is 0 Å². The lowest BCUT2D eigenvalue weighted by Gasteiger charge is -2.35. The molecule has 1 N–H and O–H groups in total. The minimum absolute atomic E-state index is 0.281. The summed E-state index contributed by atoms with van der Waals surface area (Å²) < 4.78 is 0. The van der Waals surface area contributed by atoms with Crippen molar-refractivity contribution in [1.82, 2.24) is 0 Å². The van der Waals surface area contributed by atoms with Gasteiger partial charge in [0.15, 0.2) is 17.2 Å². The molecule has 1 rings (SSSR count). The summed E-state index contributed by atoms with van der Waals surface area (Å²) in [5.74, 6) is -0.715. The van der Waals surface area contributed by atoms with Crippen LogP contribution in [0.25, 0.3) is 0 Å². The van der Waals surface area contributed by atoms with Gasteiger partial charge in [-0.05, 0) is 12.3 Å². The monoisotopic (exact) mass is 170 g/mol. The first kappa shape index (κ1) is 9.39. The number of Topliss-reactive ketones (excluding diaryl/α,β-unsaturated/α-hetero) is 2. The summed E-state index contributed by atoms with van der Waals surface area (Å²) in [7, 11) is 0. The normalized spacial score (nSPS) is 27.3. The highest BCUT2D eigenvalue weighted by Gasteiger charge is 2.47. The molecule has 0 unspecified atom stereocenters. The summed E-state index contributed by atoms with van der Waals surface area (Å²) in [6, 6.07) is 0. The molecular weight excluding hydrogens is 156 g/mol. The third-order valence-electron chi connectivity index (χ3n) is 2.36. The zero-order valence-electron chi connectivity index (χ0n) is 7.68. The van der Waals surface area contributed by atoms with E-state index in [4.69, 9.17) is 0 Å². The average Bonchev–Trinajstić information content (AvgIpc) is 1.82. The molecule has 0 spiro atoms. The Morgan fingerprint density at radius 1 is 1.08 bits per heavy atom.